The van der Waals surface area contributed by atoms with E-state index in [2.05, 4.69) is 36.5 Å². The number of benzene rings is 1. The molecule has 1 aromatic carbocycles. The molecule has 0 aliphatic heterocycles. The quantitative estimate of drug-likeness (QED) is 0.567. The minimum Gasteiger partial charge on any atom is -0.480 e. The number of carbonyl (C=O) groups is 1. The number of aliphatic carboxylic acids is 1. The number of rotatable bonds is 8. The molecule has 112 valence electrons. The van der Waals surface area contributed by atoms with Crippen LogP contribution in [0.1, 0.15) is 39.2 Å². The van der Waals surface area contributed by atoms with Crippen molar-refractivity contribution in [3.8, 4) is 0 Å². The Hall–Kier alpha value is -1.00. The van der Waals surface area contributed by atoms with Crippen LogP contribution in [0.4, 0.5) is 0 Å². The van der Waals surface area contributed by atoms with Crippen LogP contribution in [0.5, 0.6) is 0 Å². The zero-order valence-corrected chi connectivity index (χ0v) is 13.6. The van der Waals surface area contributed by atoms with Crippen LogP contribution in [0.2, 0.25) is 0 Å². The molecule has 1 unspecified atom stereocenters. The largest absolute Gasteiger partial charge is 0.480 e. The highest BCUT2D eigenvalue weighted by Gasteiger charge is 2.32. The molecule has 0 aliphatic rings. The Bertz CT molecular complexity index is 448. The van der Waals surface area contributed by atoms with Crippen molar-refractivity contribution in [1.29, 1.82) is 0 Å². The smallest absolute Gasteiger partial charge is 0.323 e. The molecule has 20 heavy (non-hydrogen) atoms. The molecule has 0 saturated carbocycles. The van der Waals surface area contributed by atoms with Crippen LogP contribution in [0.15, 0.2) is 29.2 Å². The lowest BCUT2D eigenvalue weighted by atomic mass is 9.95. The number of aryl methyl sites for hydroxylation is 1. The SMILES string of the molecule is Cc1cccc(SCCCC(C)(NC(C)C)C(=O)O)c1. The van der Waals surface area contributed by atoms with Gasteiger partial charge in [-0.15, -0.1) is 11.8 Å². The molecule has 0 aliphatic carbocycles. The predicted molar refractivity (Wildman–Crippen MR) is 85.4 cm³/mol. The van der Waals surface area contributed by atoms with Gasteiger partial charge in [-0.1, -0.05) is 17.7 Å². The van der Waals surface area contributed by atoms with Crippen LogP contribution in [0, 0.1) is 6.92 Å². The minimum absolute atomic E-state index is 0.167. The molecule has 0 saturated heterocycles. The Labute approximate surface area is 126 Å². The van der Waals surface area contributed by atoms with E-state index in [1.807, 2.05) is 13.8 Å². The average molecular weight is 295 g/mol. The third-order valence-corrected chi connectivity index (χ3v) is 4.24. The first-order chi connectivity index (χ1) is 9.33. The molecule has 1 aromatic rings. The second-order valence-electron chi connectivity index (χ2n) is 5.70. The summed E-state index contributed by atoms with van der Waals surface area (Å²) in [5.74, 6) is 0.165. The molecule has 4 heteroatoms. The van der Waals surface area contributed by atoms with Crippen LogP contribution >= 0.6 is 11.8 Å². The average Bonchev–Trinajstić information content (AvgIpc) is 2.34. The van der Waals surface area contributed by atoms with E-state index < -0.39 is 11.5 Å². The fourth-order valence-corrected chi connectivity index (χ4v) is 3.17. The topological polar surface area (TPSA) is 49.3 Å². The summed E-state index contributed by atoms with van der Waals surface area (Å²) < 4.78 is 0. The highest BCUT2D eigenvalue weighted by molar-refractivity contribution is 7.99. The van der Waals surface area contributed by atoms with Crippen LogP contribution in [-0.4, -0.2) is 28.4 Å². The van der Waals surface area contributed by atoms with Crippen molar-refractivity contribution in [2.45, 2.75) is 57.0 Å². The first-order valence-corrected chi connectivity index (χ1v) is 8.02. The van der Waals surface area contributed by atoms with E-state index >= 15 is 0 Å². The van der Waals surface area contributed by atoms with Gasteiger partial charge in [0.1, 0.15) is 5.54 Å². The molecule has 1 atom stereocenters. The molecule has 0 bridgehead atoms. The Morgan fingerprint density at radius 1 is 1.45 bits per heavy atom. The molecular weight excluding hydrogens is 270 g/mol. The molecule has 1 rings (SSSR count). The zero-order chi connectivity index (χ0) is 15.2. The van der Waals surface area contributed by atoms with Crippen molar-refractivity contribution < 1.29 is 9.90 Å². The van der Waals surface area contributed by atoms with Gasteiger partial charge in [-0.2, -0.15) is 0 Å². The molecular formula is C16H25NO2S. The zero-order valence-electron chi connectivity index (χ0n) is 12.8. The number of carboxylic acids is 1. The van der Waals surface area contributed by atoms with E-state index in [9.17, 15) is 9.90 Å². The summed E-state index contributed by atoms with van der Waals surface area (Å²) >= 11 is 1.79. The van der Waals surface area contributed by atoms with Gasteiger partial charge in [-0.25, -0.2) is 0 Å². The lowest BCUT2D eigenvalue weighted by molar-refractivity contribution is -0.144. The summed E-state index contributed by atoms with van der Waals surface area (Å²) in [6.45, 7) is 7.80. The van der Waals surface area contributed by atoms with Gasteiger partial charge in [0.2, 0.25) is 0 Å². The van der Waals surface area contributed by atoms with Crippen molar-refractivity contribution in [3.05, 3.63) is 29.8 Å². The molecule has 0 amide bonds. The molecule has 3 nitrogen and oxygen atoms in total. The van der Waals surface area contributed by atoms with E-state index in [0.29, 0.717) is 6.42 Å². The van der Waals surface area contributed by atoms with Gasteiger partial charge in [0.15, 0.2) is 0 Å². The van der Waals surface area contributed by atoms with E-state index in [1.54, 1.807) is 18.7 Å². The standard InChI is InChI=1S/C16H25NO2S/c1-12(2)17-16(4,15(18)19)9-6-10-20-14-8-5-7-13(3)11-14/h5,7-8,11-12,17H,6,9-10H2,1-4H3,(H,18,19). The first-order valence-electron chi connectivity index (χ1n) is 7.04. The van der Waals surface area contributed by atoms with Crippen LogP contribution in [0.25, 0.3) is 0 Å². The molecule has 2 N–H and O–H groups in total. The maximum Gasteiger partial charge on any atom is 0.323 e. The maximum absolute atomic E-state index is 11.4. The molecule has 0 radical (unpaired) electrons. The summed E-state index contributed by atoms with van der Waals surface area (Å²) in [4.78, 5) is 12.6. The third-order valence-electron chi connectivity index (χ3n) is 3.16. The van der Waals surface area contributed by atoms with Crippen LogP contribution in [-0.2, 0) is 4.79 Å². The number of thioether (sulfide) groups is 1. The first kappa shape index (κ1) is 17.1. The van der Waals surface area contributed by atoms with E-state index in [1.165, 1.54) is 10.5 Å². The highest BCUT2D eigenvalue weighted by Crippen LogP contribution is 2.22. The third kappa shape index (κ3) is 5.55. The van der Waals surface area contributed by atoms with Gasteiger partial charge >= 0.3 is 5.97 Å². The molecule has 0 aromatic heterocycles. The fraction of sp³-hybridized carbons (Fsp3) is 0.562. The lowest BCUT2D eigenvalue weighted by Gasteiger charge is -2.28. The van der Waals surface area contributed by atoms with Gasteiger partial charge in [-0.05, 0) is 58.4 Å². The van der Waals surface area contributed by atoms with Crippen molar-refractivity contribution in [3.63, 3.8) is 0 Å². The minimum atomic E-state index is -0.832. The van der Waals surface area contributed by atoms with Crippen LogP contribution in [0.3, 0.4) is 0 Å². The number of hydrogen-bond acceptors (Lipinski definition) is 3. The van der Waals surface area contributed by atoms with E-state index in [0.717, 1.165) is 12.2 Å². The number of hydrogen-bond donors (Lipinski definition) is 2. The van der Waals surface area contributed by atoms with Crippen molar-refractivity contribution in [1.82, 2.24) is 5.32 Å². The van der Waals surface area contributed by atoms with Gasteiger partial charge in [0.25, 0.3) is 0 Å². The predicted octanol–water partition coefficient (Wildman–Crippen LogP) is 3.71. The monoisotopic (exact) mass is 295 g/mol. The molecule has 0 heterocycles. The van der Waals surface area contributed by atoms with E-state index in [-0.39, 0.29) is 6.04 Å². The van der Waals surface area contributed by atoms with Crippen molar-refractivity contribution >= 4 is 17.7 Å². The van der Waals surface area contributed by atoms with Crippen molar-refractivity contribution in [2.75, 3.05) is 5.75 Å². The molecule has 0 fully saturated rings. The lowest BCUT2D eigenvalue weighted by Crippen LogP contribution is -2.52. The summed E-state index contributed by atoms with van der Waals surface area (Å²) in [6, 6.07) is 8.56. The Kier molecular flexibility index (Phi) is 6.56. The van der Waals surface area contributed by atoms with Gasteiger partial charge < -0.3 is 5.11 Å². The van der Waals surface area contributed by atoms with Gasteiger partial charge in [0, 0.05) is 10.9 Å². The summed E-state index contributed by atoms with van der Waals surface area (Å²) in [6.07, 6.45) is 1.51. The summed E-state index contributed by atoms with van der Waals surface area (Å²) in [5, 5.41) is 12.5. The number of carboxylic acid groups (broad SMARTS) is 1. The highest BCUT2D eigenvalue weighted by atomic mass is 32.2. The fourth-order valence-electron chi connectivity index (χ4n) is 2.20. The Balaban J connectivity index is 2.43. The second-order valence-corrected chi connectivity index (χ2v) is 6.87. The van der Waals surface area contributed by atoms with Gasteiger partial charge in [-0.3, -0.25) is 10.1 Å². The van der Waals surface area contributed by atoms with Crippen molar-refractivity contribution in [2.24, 2.45) is 0 Å². The Morgan fingerprint density at radius 2 is 2.15 bits per heavy atom. The molecule has 0 spiro atoms. The second kappa shape index (κ2) is 7.70. The van der Waals surface area contributed by atoms with Gasteiger partial charge in [0.05, 0.1) is 0 Å². The van der Waals surface area contributed by atoms with E-state index in [4.69, 9.17) is 0 Å². The summed E-state index contributed by atoms with van der Waals surface area (Å²) in [7, 11) is 0. The maximum atomic E-state index is 11.4. The normalized spacial score (nSPS) is 14.2. The Morgan fingerprint density at radius 3 is 2.70 bits per heavy atom. The van der Waals surface area contributed by atoms with Crippen LogP contribution < -0.4 is 5.32 Å². The number of nitrogens with one attached hydrogen (secondary N) is 1. The summed E-state index contributed by atoms with van der Waals surface area (Å²) in [5.41, 5.74) is 0.424.